The predicted octanol–water partition coefficient (Wildman–Crippen LogP) is 3.00. The molecule has 0 aliphatic carbocycles. The van der Waals surface area contributed by atoms with Crippen molar-refractivity contribution in [3.8, 4) is 5.75 Å². The molecule has 7 heteroatoms. The molecule has 1 aliphatic rings. The lowest BCUT2D eigenvalue weighted by atomic mass is 9.74. The van der Waals surface area contributed by atoms with Gasteiger partial charge in [0.1, 0.15) is 11.4 Å². The Morgan fingerprint density at radius 2 is 1.89 bits per heavy atom. The number of benzene rings is 2. The molecule has 1 aromatic heterocycles. The third-order valence-electron chi connectivity index (χ3n) is 5.31. The van der Waals surface area contributed by atoms with Crippen molar-refractivity contribution in [2.45, 2.75) is 6.42 Å². The van der Waals surface area contributed by atoms with Crippen molar-refractivity contribution >= 4 is 34.3 Å². The fourth-order valence-corrected chi connectivity index (χ4v) is 3.82. The minimum absolute atomic E-state index is 0.150. The van der Waals surface area contributed by atoms with Gasteiger partial charge in [0.2, 0.25) is 5.91 Å². The Bertz CT molecular complexity index is 1050. The number of hydrogen-bond acceptors (Lipinski definition) is 3. The standard InChI is InChI=1S/C21H20ClN3O3/c1-28-16-6-7-17-14(8-16)9-18(24-17)19(26)25-11-21(12-25,20(23)27)10-13-2-4-15(22)5-3-13/h2-9,24H,10-12H2,1H3,(H2,23,27). The molecule has 0 atom stereocenters. The smallest absolute Gasteiger partial charge is 0.270 e. The summed E-state index contributed by atoms with van der Waals surface area (Å²) in [6.07, 6.45) is 0.479. The molecule has 0 radical (unpaired) electrons. The van der Waals surface area contributed by atoms with E-state index >= 15 is 0 Å². The van der Waals surface area contributed by atoms with Crippen molar-refractivity contribution in [1.29, 1.82) is 0 Å². The van der Waals surface area contributed by atoms with Gasteiger partial charge in [-0.05, 0) is 48.4 Å². The number of ether oxygens (including phenoxy) is 1. The summed E-state index contributed by atoms with van der Waals surface area (Å²) < 4.78 is 5.22. The lowest BCUT2D eigenvalue weighted by Gasteiger charge is -2.48. The van der Waals surface area contributed by atoms with Gasteiger partial charge in [-0.3, -0.25) is 9.59 Å². The van der Waals surface area contributed by atoms with Crippen molar-refractivity contribution in [3.05, 3.63) is 64.8 Å². The zero-order valence-corrected chi connectivity index (χ0v) is 16.1. The summed E-state index contributed by atoms with van der Waals surface area (Å²) in [5.41, 5.74) is 7.23. The zero-order chi connectivity index (χ0) is 19.9. The number of aromatic nitrogens is 1. The summed E-state index contributed by atoms with van der Waals surface area (Å²) >= 11 is 5.92. The quantitative estimate of drug-likeness (QED) is 0.693. The Kier molecular flexibility index (Phi) is 4.51. The molecule has 6 nitrogen and oxygen atoms in total. The van der Waals surface area contributed by atoms with E-state index in [9.17, 15) is 9.59 Å². The molecule has 1 saturated heterocycles. The third-order valence-corrected chi connectivity index (χ3v) is 5.56. The Morgan fingerprint density at radius 3 is 2.54 bits per heavy atom. The summed E-state index contributed by atoms with van der Waals surface area (Å²) in [5, 5.41) is 1.53. The number of nitrogens with two attached hydrogens (primary N) is 1. The van der Waals surface area contributed by atoms with Gasteiger partial charge in [-0.1, -0.05) is 23.7 Å². The maximum absolute atomic E-state index is 12.9. The number of nitrogens with one attached hydrogen (secondary N) is 1. The van der Waals surface area contributed by atoms with Crippen molar-refractivity contribution < 1.29 is 14.3 Å². The van der Waals surface area contributed by atoms with Gasteiger partial charge < -0.3 is 20.4 Å². The van der Waals surface area contributed by atoms with Crippen LogP contribution in [0.4, 0.5) is 0 Å². The highest BCUT2D eigenvalue weighted by Gasteiger charge is 2.50. The number of H-pyrrole nitrogens is 1. The van der Waals surface area contributed by atoms with Gasteiger partial charge in [-0.2, -0.15) is 0 Å². The van der Waals surface area contributed by atoms with E-state index in [0.29, 0.717) is 30.2 Å². The second-order valence-corrected chi connectivity index (χ2v) is 7.68. The highest BCUT2D eigenvalue weighted by atomic mass is 35.5. The second-order valence-electron chi connectivity index (χ2n) is 7.25. The molecule has 28 heavy (non-hydrogen) atoms. The molecule has 4 rings (SSSR count). The monoisotopic (exact) mass is 397 g/mol. The van der Waals surface area contributed by atoms with Crippen molar-refractivity contribution in [3.63, 3.8) is 0 Å². The van der Waals surface area contributed by atoms with Crippen LogP contribution in [-0.2, 0) is 11.2 Å². The van der Waals surface area contributed by atoms with Crippen LogP contribution in [0.3, 0.4) is 0 Å². The molecule has 1 fully saturated rings. The molecule has 3 aromatic rings. The Labute approximate surface area is 167 Å². The highest BCUT2D eigenvalue weighted by molar-refractivity contribution is 6.30. The van der Waals surface area contributed by atoms with E-state index in [2.05, 4.69) is 4.98 Å². The van der Waals surface area contributed by atoms with E-state index in [1.807, 2.05) is 30.3 Å². The molecule has 2 aromatic carbocycles. The third kappa shape index (κ3) is 3.20. The van der Waals surface area contributed by atoms with E-state index in [1.165, 1.54) is 0 Å². The van der Waals surface area contributed by atoms with Crippen LogP contribution in [0.25, 0.3) is 10.9 Å². The Balaban J connectivity index is 1.51. The largest absolute Gasteiger partial charge is 0.497 e. The first-order chi connectivity index (χ1) is 13.4. The van der Waals surface area contributed by atoms with Gasteiger partial charge in [0.15, 0.2) is 0 Å². The minimum Gasteiger partial charge on any atom is -0.497 e. The summed E-state index contributed by atoms with van der Waals surface area (Å²) in [5.74, 6) is 0.182. The number of amides is 2. The number of hydrogen-bond donors (Lipinski definition) is 2. The first-order valence-electron chi connectivity index (χ1n) is 8.91. The molecule has 0 saturated carbocycles. The molecule has 0 bridgehead atoms. The molecule has 3 N–H and O–H groups in total. The maximum atomic E-state index is 12.9. The number of rotatable bonds is 5. The normalized spacial score (nSPS) is 15.3. The average Bonchev–Trinajstić information content (AvgIpc) is 3.08. The number of primary amides is 1. The number of aromatic amines is 1. The Morgan fingerprint density at radius 1 is 1.18 bits per heavy atom. The number of fused-ring (bicyclic) bond motifs is 1. The fourth-order valence-electron chi connectivity index (χ4n) is 3.70. The molecule has 0 spiro atoms. The molecule has 2 amide bonds. The van der Waals surface area contributed by atoms with E-state index in [0.717, 1.165) is 22.2 Å². The molecular formula is C21H20ClN3O3. The second kappa shape index (κ2) is 6.87. The SMILES string of the molecule is COc1ccc2[nH]c(C(=O)N3CC(Cc4ccc(Cl)cc4)(C(N)=O)C3)cc2c1. The molecular weight excluding hydrogens is 378 g/mol. The number of carbonyl (C=O) groups excluding carboxylic acids is 2. The number of likely N-dealkylation sites (tertiary alicyclic amines) is 1. The molecule has 1 aliphatic heterocycles. The topological polar surface area (TPSA) is 88.4 Å². The van der Waals surface area contributed by atoms with Gasteiger partial charge in [0.25, 0.3) is 5.91 Å². The average molecular weight is 398 g/mol. The van der Waals surface area contributed by atoms with Gasteiger partial charge >= 0.3 is 0 Å². The number of carbonyl (C=O) groups is 2. The minimum atomic E-state index is -0.751. The van der Waals surface area contributed by atoms with E-state index < -0.39 is 11.3 Å². The lowest BCUT2D eigenvalue weighted by molar-refractivity contribution is -0.135. The van der Waals surface area contributed by atoms with Crippen molar-refractivity contribution in [2.75, 3.05) is 20.2 Å². The summed E-state index contributed by atoms with van der Waals surface area (Å²) in [4.78, 5) is 29.8. The first kappa shape index (κ1) is 18.4. The lowest BCUT2D eigenvalue weighted by Crippen LogP contribution is -2.64. The number of halogens is 1. The van der Waals surface area contributed by atoms with Crippen LogP contribution in [0.1, 0.15) is 16.1 Å². The van der Waals surface area contributed by atoms with Crippen LogP contribution in [0.5, 0.6) is 5.75 Å². The van der Waals surface area contributed by atoms with Crippen LogP contribution >= 0.6 is 11.6 Å². The molecule has 0 unspecified atom stereocenters. The molecule has 144 valence electrons. The van der Waals surface area contributed by atoms with E-state index in [4.69, 9.17) is 22.1 Å². The van der Waals surface area contributed by atoms with Crippen LogP contribution in [0.15, 0.2) is 48.5 Å². The maximum Gasteiger partial charge on any atom is 0.270 e. The van der Waals surface area contributed by atoms with Gasteiger partial charge in [0.05, 0.1) is 12.5 Å². The number of nitrogens with zero attached hydrogens (tertiary/aromatic N) is 1. The summed E-state index contributed by atoms with van der Waals surface area (Å²) in [7, 11) is 1.60. The van der Waals surface area contributed by atoms with E-state index in [-0.39, 0.29) is 5.91 Å². The first-order valence-corrected chi connectivity index (χ1v) is 9.28. The van der Waals surface area contributed by atoms with Gasteiger partial charge in [-0.15, -0.1) is 0 Å². The van der Waals surface area contributed by atoms with Crippen LogP contribution in [0.2, 0.25) is 5.02 Å². The molecule has 2 heterocycles. The van der Waals surface area contributed by atoms with Gasteiger partial charge in [0, 0.05) is 29.0 Å². The predicted molar refractivity (Wildman–Crippen MR) is 108 cm³/mol. The fraction of sp³-hybridized carbons (Fsp3) is 0.238. The van der Waals surface area contributed by atoms with Crippen LogP contribution in [0, 0.1) is 5.41 Å². The van der Waals surface area contributed by atoms with Gasteiger partial charge in [-0.25, -0.2) is 0 Å². The van der Waals surface area contributed by atoms with Crippen molar-refractivity contribution in [1.82, 2.24) is 9.88 Å². The van der Waals surface area contributed by atoms with Crippen LogP contribution < -0.4 is 10.5 Å². The Hall–Kier alpha value is -2.99. The van der Waals surface area contributed by atoms with Crippen LogP contribution in [-0.4, -0.2) is 41.9 Å². The van der Waals surface area contributed by atoms with E-state index in [1.54, 1.807) is 30.2 Å². The zero-order valence-electron chi connectivity index (χ0n) is 15.4. The number of methoxy groups -OCH3 is 1. The summed E-state index contributed by atoms with van der Waals surface area (Å²) in [6, 6.07) is 14.7. The summed E-state index contributed by atoms with van der Waals surface area (Å²) in [6.45, 7) is 0.588. The van der Waals surface area contributed by atoms with Crippen molar-refractivity contribution in [2.24, 2.45) is 11.1 Å². The highest BCUT2D eigenvalue weighted by Crippen LogP contribution is 2.35.